The number of hydrogen-bond donors (Lipinski definition) is 0. The van der Waals surface area contributed by atoms with E-state index in [0.29, 0.717) is 40.2 Å². The summed E-state index contributed by atoms with van der Waals surface area (Å²) in [5.74, 6) is 2.20. The highest BCUT2D eigenvalue weighted by molar-refractivity contribution is 6.15. The Morgan fingerprint density at radius 2 is 1.12 bits per heavy atom. The first-order valence-electron chi connectivity index (χ1n) is 19.1. The highest BCUT2D eigenvalue weighted by atomic mass is 16.3. The molecule has 268 valence electrons. The van der Waals surface area contributed by atoms with Gasteiger partial charge in [-0.2, -0.15) is 9.97 Å². The van der Waals surface area contributed by atoms with Crippen LogP contribution in [0.1, 0.15) is 18.5 Å². The average molecular weight is 735 g/mol. The molecular formula is C49H30N6O2. The van der Waals surface area contributed by atoms with Gasteiger partial charge >= 0.3 is 0 Å². The van der Waals surface area contributed by atoms with E-state index in [1.165, 1.54) is 0 Å². The fraction of sp³-hybridized carbons (Fsp3) is 0.0408. The zero-order valence-electron chi connectivity index (χ0n) is 30.4. The number of allylic oxidation sites excluding steroid dienone is 4. The number of nitrogens with zero attached hydrogens (tertiary/aromatic N) is 6. The highest BCUT2D eigenvalue weighted by Crippen LogP contribution is 2.42. The van der Waals surface area contributed by atoms with Crippen LogP contribution in [0.4, 0.5) is 0 Å². The SMILES string of the molecule is C1=CC(c2nc(-c3cccc4oc5c(-c6nc(-c7ccccc7)nc(-n7c8ccccc8c8ccccc87)n6)cccc5c34)nc3c2oc2ccccc23)=CCC1. The molecule has 11 aromatic rings. The van der Waals surface area contributed by atoms with Gasteiger partial charge in [0, 0.05) is 38.1 Å². The molecule has 5 heterocycles. The van der Waals surface area contributed by atoms with Crippen LogP contribution in [-0.2, 0) is 0 Å². The minimum atomic E-state index is 0.507. The molecule has 0 amide bonds. The van der Waals surface area contributed by atoms with Crippen molar-refractivity contribution in [3.63, 3.8) is 0 Å². The molecule has 0 spiro atoms. The molecule has 0 radical (unpaired) electrons. The van der Waals surface area contributed by atoms with Crippen molar-refractivity contribution in [2.45, 2.75) is 12.8 Å². The zero-order valence-corrected chi connectivity index (χ0v) is 30.4. The number of para-hydroxylation sites is 4. The largest absolute Gasteiger partial charge is 0.455 e. The summed E-state index contributed by atoms with van der Waals surface area (Å²) in [5.41, 5.74) is 10.00. The van der Waals surface area contributed by atoms with Gasteiger partial charge in [-0.25, -0.2) is 15.0 Å². The number of benzene rings is 6. The number of aromatic nitrogens is 6. The topological polar surface area (TPSA) is 95.7 Å². The van der Waals surface area contributed by atoms with Gasteiger partial charge in [0.05, 0.1) is 16.6 Å². The van der Waals surface area contributed by atoms with E-state index in [0.717, 1.165) is 89.9 Å². The fourth-order valence-corrected chi connectivity index (χ4v) is 8.35. The van der Waals surface area contributed by atoms with Crippen LogP contribution in [0, 0.1) is 0 Å². The second kappa shape index (κ2) is 12.4. The summed E-state index contributed by atoms with van der Waals surface area (Å²) in [5, 5.41) is 5.04. The van der Waals surface area contributed by atoms with Crippen LogP contribution >= 0.6 is 0 Å². The normalized spacial score (nSPS) is 13.2. The molecule has 0 fully saturated rings. The molecule has 8 heteroatoms. The van der Waals surface area contributed by atoms with E-state index in [9.17, 15) is 0 Å². The number of hydrogen-bond acceptors (Lipinski definition) is 7. The molecule has 0 N–H and O–H groups in total. The Labute approximate surface area is 325 Å². The summed E-state index contributed by atoms with van der Waals surface area (Å²) >= 11 is 0. The number of rotatable bonds is 5. The molecule has 6 aromatic carbocycles. The van der Waals surface area contributed by atoms with Gasteiger partial charge in [0.15, 0.2) is 23.1 Å². The summed E-state index contributed by atoms with van der Waals surface area (Å²) in [6.45, 7) is 0. The molecule has 57 heavy (non-hydrogen) atoms. The van der Waals surface area contributed by atoms with Crippen LogP contribution < -0.4 is 0 Å². The summed E-state index contributed by atoms with van der Waals surface area (Å²) in [6.07, 6.45) is 8.49. The van der Waals surface area contributed by atoms with E-state index < -0.39 is 0 Å². The Morgan fingerprint density at radius 3 is 1.93 bits per heavy atom. The molecule has 1 aliphatic carbocycles. The van der Waals surface area contributed by atoms with Crippen LogP contribution in [0.3, 0.4) is 0 Å². The molecule has 0 saturated carbocycles. The van der Waals surface area contributed by atoms with Gasteiger partial charge in [-0.1, -0.05) is 121 Å². The first-order valence-corrected chi connectivity index (χ1v) is 19.1. The minimum Gasteiger partial charge on any atom is -0.455 e. The lowest BCUT2D eigenvalue weighted by atomic mass is 10.0. The quantitative estimate of drug-likeness (QED) is 0.174. The average Bonchev–Trinajstić information content (AvgIpc) is 3.96. The smallest absolute Gasteiger partial charge is 0.238 e. The monoisotopic (exact) mass is 734 g/mol. The van der Waals surface area contributed by atoms with Crippen LogP contribution in [0.2, 0.25) is 0 Å². The van der Waals surface area contributed by atoms with Gasteiger partial charge in [-0.05, 0) is 54.8 Å². The lowest BCUT2D eigenvalue weighted by Gasteiger charge is -2.11. The maximum atomic E-state index is 6.80. The van der Waals surface area contributed by atoms with Gasteiger partial charge < -0.3 is 8.83 Å². The second-order valence-corrected chi connectivity index (χ2v) is 14.3. The maximum Gasteiger partial charge on any atom is 0.238 e. The van der Waals surface area contributed by atoms with E-state index in [2.05, 4.69) is 77.4 Å². The Kier molecular flexibility index (Phi) is 6.88. The molecule has 5 aromatic heterocycles. The first-order chi connectivity index (χ1) is 28.3. The molecular weight excluding hydrogens is 705 g/mol. The second-order valence-electron chi connectivity index (χ2n) is 14.3. The van der Waals surface area contributed by atoms with Gasteiger partial charge in [-0.3, -0.25) is 4.57 Å². The Morgan fingerprint density at radius 1 is 0.474 bits per heavy atom. The van der Waals surface area contributed by atoms with Crippen LogP contribution in [0.5, 0.6) is 0 Å². The van der Waals surface area contributed by atoms with Crippen molar-refractivity contribution in [1.29, 1.82) is 0 Å². The van der Waals surface area contributed by atoms with E-state index in [1.54, 1.807) is 0 Å². The van der Waals surface area contributed by atoms with E-state index in [-0.39, 0.29) is 0 Å². The molecule has 1 aliphatic rings. The van der Waals surface area contributed by atoms with Crippen molar-refractivity contribution in [2.75, 3.05) is 0 Å². The highest BCUT2D eigenvalue weighted by Gasteiger charge is 2.24. The third-order valence-corrected chi connectivity index (χ3v) is 10.9. The lowest BCUT2D eigenvalue weighted by molar-refractivity contribution is 0.664. The fourth-order valence-electron chi connectivity index (χ4n) is 8.35. The lowest BCUT2D eigenvalue weighted by Crippen LogP contribution is -2.06. The molecule has 0 bridgehead atoms. The van der Waals surface area contributed by atoms with Gasteiger partial charge in [0.25, 0.3) is 0 Å². The molecule has 0 aliphatic heterocycles. The Bertz CT molecular complexity index is 3430. The molecule has 12 rings (SSSR count). The minimum absolute atomic E-state index is 0.507. The molecule has 0 saturated heterocycles. The van der Waals surface area contributed by atoms with Crippen molar-refractivity contribution in [2.24, 2.45) is 0 Å². The van der Waals surface area contributed by atoms with Gasteiger partial charge in [0.2, 0.25) is 5.95 Å². The van der Waals surface area contributed by atoms with Crippen molar-refractivity contribution in [1.82, 2.24) is 29.5 Å². The van der Waals surface area contributed by atoms with E-state index in [1.807, 2.05) is 84.9 Å². The zero-order chi connectivity index (χ0) is 37.5. The third-order valence-electron chi connectivity index (χ3n) is 10.9. The third kappa shape index (κ3) is 4.90. The predicted molar refractivity (Wildman–Crippen MR) is 227 cm³/mol. The summed E-state index contributed by atoms with van der Waals surface area (Å²) in [7, 11) is 0. The van der Waals surface area contributed by atoms with Crippen LogP contribution in [-0.4, -0.2) is 29.5 Å². The van der Waals surface area contributed by atoms with E-state index >= 15 is 0 Å². The van der Waals surface area contributed by atoms with Crippen molar-refractivity contribution in [3.05, 3.63) is 163 Å². The summed E-state index contributed by atoms with van der Waals surface area (Å²) in [4.78, 5) is 25.9. The maximum absolute atomic E-state index is 6.80. The molecule has 0 unspecified atom stereocenters. The van der Waals surface area contributed by atoms with Crippen molar-refractivity contribution < 1.29 is 8.83 Å². The van der Waals surface area contributed by atoms with E-state index in [4.69, 9.17) is 33.8 Å². The molecule has 8 nitrogen and oxygen atoms in total. The number of furan rings is 2. The Balaban J connectivity index is 1.10. The van der Waals surface area contributed by atoms with Crippen LogP contribution in [0.25, 0.3) is 111 Å². The Hall–Kier alpha value is -7.71. The van der Waals surface area contributed by atoms with Gasteiger partial charge in [-0.15, -0.1) is 0 Å². The number of fused-ring (bicyclic) bond motifs is 9. The first kappa shape index (κ1) is 31.6. The summed E-state index contributed by atoms with van der Waals surface area (Å²) in [6, 6.07) is 47.0. The summed E-state index contributed by atoms with van der Waals surface area (Å²) < 4.78 is 15.3. The standard InChI is InChI=1S/C49H30N6O2/c1-3-15-29(16-4-1)42-45-43(33-21-9-12-27-39(33)56-45)51-47(50-42)35-23-14-28-40-41(35)34-22-13-24-36(44(34)57-40)48-52-46(30-17-5-2-6-18-30)53-49(54-48)55-37-25-10-7-19-31(37)32-20-8-11-26-38(32)55/h2-3,5-28H,1,4H2. The predicted octanol–water partition coefficient (Wildman–Crippen LogP) is 12.3. The molecule has 0 atom stereocenters. The van der Waals surface area contributed by atoms with Crippen molar-refractivity contribution >= 4 is 71.4 Å². The van der Waals surface area contributed by atoms with Gasteiger partial charge in [0.1, 0.15) is 28.0 Å². The van der Waals surface area contributed by atoms with Crippen molar-refractivity contribution in [3.8, 4) is 40.1 Å². The van der Waals surface area contributed by atoms with Crippen LogP contribution in [0.15, 0.2) is 167 Å².